The maximum Gasteiger partial charge on any atom is 0.283 e. The van der Waals surface area contributed by atoms with Gasteiger partial charge in [0.15, 0.2) is 5.84 Å². The molecule has 0 unspecified atom stereocenters. The second-order valence-electron chi connectivity index (χ2n) is 7.77. The first-order chi connectivity index (χ1) is 17.6. The molecule has 2 aliphatic rings. The minimum Gasteiger partial charge on any atom is -0.490 e. The quantitative estimate of drug-likeness (QED) is 0.228. The molecular weight excluding hydrogens is 492 g/mol. The third kappa shape index (κ3) is 5.17. The van der Waals surface area contributed by atoms with Gasteiger partial charge in [0.25, 0.3) is 5.91 Å². The van der Waals surface area contributed by atoms with Crippen LogP contribution in [0.2, 0.25) is 0 Å². The summed E-state index contributed by atoms with van der Waals surface area (Å²) in [6, 6.07) is 19.1. The molecule has 3 heterocycles. The van der Waals surface area contributed by atoms with Gasteiger partial charge in [-0.3, -0.25) is 10.2 Å². The second-order valence-corrected chi connectivity index (χ2v) is 9.67. The Labute approximate surface area is 217 Å². The van der Waals surface area contributed by atoms with Crippen LogP contribution >= 0.6 is 23.1 Å². The lowest BCUT2D eigenvalue weighted by Gasteiger charge is -2.20. The highest BCUT2D eigenvalue weighted by molar-refractivity contribution is 8.27. The third-order valence-corrected chi connectivity index (χ3v) is 7.27. The Morgan fingerprint density at radius 2 is 1.83 bits per heavy atom. The molecule has 2 aliphatic heterocycles. The van der Waals surface area contributed by atoms with Gasteiger partial charge in [-0.25, -0.2) is 0 Å². The number of benzene rings is 2. The highest BCUT2D eigenvalue weighted by Crippen LogP contribution is 2.32. The second kappa shape index (κ2) is 10.8. The lowest BCUT2D eigenvalue weighted by molar-refractivity contribution is -0.114. The number of ether oxygens (including phenoxy) is 2. The largest absolute Gasteiger partial charge is 0.490 e. The molecule has 0 aliphatic carbocycles. The van der Waals surface area contributed by atoms with Gasteiger partial charge < -0.3 is 9.47 Å². The number of amidine groups is 2. The molecule has 180 valence electrons. The predicted octanol–water partition coefficient (Wildman–Crippen LogP) is 5.60. The number of aliphatic imine (C=N–C) groups is 1. The van der Waals surface area contributed by atoms with E-state index in [9.17, 15) is 4.79 Å². The van der Waals surface area contributed by atoms with Gasteiger partial charge in [-0.05, 0) is 65.0 Å². The molecule has 3 aromatic rings. The number of amides is 1. The number of hydrogen-bond donors (Lipinski definition) is 1. The SMILES string of the molecule is C=CCc1ccccc1OCCOc1ccc(C=C2C(=N)N3N=C(c4cccs4)SC3=NC2=O)cc1. The van der Waals surface area contributed by atoms with E-state index in [2.05, 4.69) is 16.7 Å². The number of para-hydroxylation sites is 1. The molecule has 5 rings (SSSR count). The standard InChI is InChI=1S/C27H22N4O3S2/c1-2-6-19-7-3-4-8-22(19)34-15-14-33-20-12-10-18(11-13-20)17-21-24(28)31-27(29-25(21)32)36-26(30-31)23-9-5-16-35-23/h2-5,7-13,16-17,28H,1,6,14-15H2. The summed E-state index contributed by atoms with van der Waals surface area (Å²) in [6.07, 6.45) is 4.25. The molecule has 0 saturated carbocycles. The van der Waals surface area contributed by atoms with Gasteiger partial charge in [0.05, 0.1) is 10.5 Å². The Morgan fingerprint density at radius 1 is 1.03 bits per heavy atom. The third-order valence-electron chi connectivity index (χ3n) is 5.32. The fraction of sp³-hybridized carbons (Fsp3) is 0.111. The summed E-state index contributed by atoms with van der Waals surface area (Å²) in [5.74, 6) is 1.08. The van der Waals surface area contributed by atoms with Gasteiger partial charge in [0.2, 0.25) is 5.17 Å². The maximum absolute atomic E-state index is 12.6. The summed E-state index contributed by atoms with van der Waals surface area (Å²) < 4.78 is 11.6. The van der Waals surface area contributed by atoms with Gasteiger partial charge in [0.1, 0.15) is 29.8 Å². The van der Waals surface area contributed by atoms with Crippen LogP contribution in [-0.2, 0) is 11.2 Å². The zero-order chi connectivity index (χ0) is 24.9. The van der Waals surface area contributed by atoms with Crippen molar-refractivity contribution in [1.29, 1.82) is 5.41 Å². The average Bonchev–Trinajstić information content (AvgIpc) is 3.57. The molecule has 1 aromatic heterocycles. The van der Waals surface area contributed by atoms with E-state index in [1.807, 2.05) is 72.1 Å². The van der Waals surface area contributed by atoms with Gasteiger partial charge >= 0.3 is 0 Å². The topological polar surface area (TPSA) is 87.3 Å². The number of carbonyl (C=O) groups is 1. The van der Waals surface area contributed by atoms with Crippen molar-refractivity contribution >= 4 is 51.1 Å². The molecule has 0 saturated heterocycles. The number of fused-ring (bicyclic) bond motifs is 1. The van der Waals surface area contributed by atoms with Gasteiger partial charge in [-0.15, -0.1) is 17.9 Å². The van der Waals surface area contributed by atoms with Gasteiger partial charge in [0, 0.05) is 0 Å². The molecule has 0 bridgehead atoms. The highest BCUT2D eigenvalue weighted by atomic mass is 32.2. The van der Waals surface area contributed by atoms with Crippen LogP contribution in [0.25, 0.3) is 6.08 Å². The Morgan fingerprint density at radius 3 is 2.61 bits per heavy atom. The first kappa shape index (κ1) is 23.8. The number of hydrogen-bond acceptors (Lipinski definition) is 7. The predicted molar refractivity (Wildman–Crippen MR) is 146 cm³/mol. The van der Waals surface area contributed by atoms with E-state index in [1.54, 1.807) is 17.4 Å². The molecule has 2 aromatic carbocycles. The normalized spacial score (nSPS) is 16.0. The Kier molecular flexibility index (Phi) is 7.11. The first-order valence-corrected chi connectivity index (χ1v) is 12.9. The minimum atomic E-state index is -0.449. The smallest absolute Gasteiger partial charge is 0.283 e. The highest BCUT2D eigenvalue weighted by Gasteiger charge is 2.36. The first-order valence-electron chi connectivity index (χ1n) is 11.2. The zero-order valence-corrected chi connectivity index (χ0v) is 20.8. The van der Waals surface area contributed by atoms with Crippen molar-refractivity contribution in [3.8, 4) is 11.5 Å². The summed E-state index contributed by atoms with van der Waals surface area (Å²) in [5, 5.41) is 17.5. The molecule has 7 nitrogen and oxygen atoms in total. The number of thiophene rings is 1. The van der Waals surface area contributed by atoms with E-state index in [0.29, 0.717) is 24.1 Å². The number of allylic oxidation sites excluding steroid dienone is 1. The summed E-state index contributed by atoms with van der Waals surface area (Å²) in [6.45, 7) is 4.58. The molecule has 0 atom stereocenters. The van der Waals surface area contributed by atoms with Crippen LogP contribution in [0.5, 0.6) is 11.5 Å². The molecule has 1 N–H and O–H groups in total. The lowest BCUT2D eigenvalue weighted by Crippen LogP contribution is -2.35. The van der Waals surface area contributed by atoms with Crippen LogP contribution in [0, 0.1) is 5.41 Å². The van der Waals surface area contributed by atoms with Crippen molar-refractivity contribution in [2.75, 3.05) is 13.2 Å². The zero-order valence-electron chi connectivity index (χ0n) is 19.2. The van der Waals surface area contributed by atoms with Crippen molar-refractivity contribution in [3.63, 3.8) is 0 Å². The van der Waals surface area contributed by atoms with Crippen LogP contribution in [0.3, 0.4) is 0 Å². The van der Waals surface area contributed by atoms with Gasteiger partial charge in [-0.1, -0.05) is 42.5 Å². The maximum atomic E-state index is 12.6. The van der Waals surface area contributed by atoms with Crippen LogP contribution in [0.15, 0.2) is 94.4 Å². The van der Waals surface area contributed by atoms with Crippen LogP contribution < -0.4 is 9.47 Å². The van der Waals surface area contributed by atoms with Crippen LogP contribution in [0.4, 0.5) is 0 Å². The fourth-order valence-corrected chi connectivity index (χ4v) is 5.28. The molecule has 0 radical (unpaired) electrons. The Bertz CT molecular complexity index is 1390. The molecule has 0 spiro atoms. The van der Waals surface area contributed by atoms with Crippen molar-refractivity contribution in [3.05, 3.63) is 100 Å². The van der Waals surface area contributed by atoms with Crippen LogP contribution in [-0.4, -0.2) is 40.2 Å². The van der Waals surface area contributed by atoms with Crippen molar-refractivity contribution in [2.45, 2.75) is 6.42 Å². The molecule has 1 amide bonds. The van der Waals surface area contributed by atoms with Crippen LogP contribution in [0.1, 0.15) is 16.0 Å². The van der Waals surface area contributed by atoms with Crippen molar-refractivity contribution in [1.82, 2.24) is 5.01 Å². The number of rotatable bonds is 9. The van der Waals surface area contributed by atoms with Crippen molar-refractivity contribution in [2.24, 2.45) is 10.1 Å². The monoisotopic (exact) mass is 514 g/mol. The number of nitrogens with zero attached hydrogens (tertiary/aromatic N) is 3. The lowest BCUT2D eigenvalue weighted by atomic mass is 10.1. The van der Waals surface area contributed by atoms with E-state index in [4.69, 9.17) is 14.9 Å². The van der Waals surface area contributed by atoms with Crippen molar-refractivity contribution < 1.29 is 14.3 Å². The number of thioether (sulfide) groups is 1. The minimum absolute atomic E-state index is 0.0123. The Balaban J connectivity index is 1.20. The molecular formula is C27H22N4O3S2. The summed E-state index contributed by atoms with van der Waals surface area (Å²) >= 11 is 2.85. The Hall–Kier alpha value is -3.95. The molecule has 0 fully saturated rings. The number of carbonyl (C=O) groups excluding carboxylic acids is 1. The summed E-state index contributed by atoms with van der Waals surface area (Å²) in [4.78, 5) is 17.8. The van der Waals surface area contributed by atoms with Gasteiger partial charge in [-0.2, -0.15) is 15.1 Å². The molecule has 9 heteroatoms. The molecule has 36 heavy (non-hydrogen) atoms. The average molecular weight is 515 g/mol. The van der Waals surface area contributed by atoms with E-state index in [0.717, 1.165) is 33.2 Å². The summed E-state index contributed by atoms with van der Waals surface area (Å²) in [7, 11) is 0. The van der Waals surface area contributed by atoms with E-state index in [-0.39, 0.29) is 11.4 Å². The fourth-order valence-electron chi connectivity index (χ4n) is 3.60. The van der Waals surface area contributed by atoms with E-state index in [1.165, 1.54) is 16.8 Å². The number of nitrogens with one attached hydrogen (secondary N) is 1. The summed E-state index contributed by atoms with van der Waals surface area (Å²) in [5.41, 5.74) is 2.04. The van der Waals surface area contributed by atoms with E-state index >= 15 is 0 Å². The number of hydrazone groups is 1. The van der Waals surface area contributed by atoms with E-state index < -0.39 is 5.91 Å².